The highest BCUT2D eigenvalue weighted by Crippen LogP contribution is 2.23. The van der Waals surface area contributed by atoms with Gasteiger partial charge in [0, 0.05) is 11.4 Å². The Kier molecular flexibility index (Phi) is 6.69. The van der Waals surface area contributed by atoms with E-state index in [0.717, 1.165) is 22.4 Å². The van der Waals surface area contributed by atoms with E-state index >= 15 is 0 Å². The second-order valence-corrected chi connectivity index (χ2v) is 6.03. The van der Waals surface area contributed by atoms with Crippen LogP contribution in [0.25, 0.3) is 11.1 Å². The van der Waals surface area contributed by atoms with E-state index in [9.17, 15) is 9.59 Å². The van der Waals surface area contributed by atoms with E-state index in [4.69, 9.17) is 0 Å². The second kappa shape index (κ2) is 9.00. The molecule has 0 unspecified atom stereocenters. The van der Waals surface area contributed by atoms with Gasteiger partial charge in [-0.05, 0) is 29.7 Å². The maximum Gasteiger partial charge on any atom is 0.321 e. The molecule has 2 aromatic carbocycles. The zero-order valence-electron chi connectivity index (χ0n) is 13.0. The lowest BCUT2D eigenvalue weighted by molar-refractivity contribution is -0.117. The van der Waals surface area contributed by atoms with Crippen molar-refractivity contribution in [2.45, 2.75) is 18.2 Å². The summed E-state index contributed by atoms with van der Waals surface area (Å²) < 4.78 is 0. The predicted octanol–water partition coefficient (Wildman–Crippen LogP) is 3.68. The van der Waals surface area contributed by atoms with Crippen molar-refractivity contribution < 1.29 is 9.59 Å². The van der Waals surface area contributed by atoms with Crippen LogP contribution in [0.2, 0.25) is 0 Å². The van der Waals surface area contributed by atoms with E-state index in [1.807, 2.05) is 49.4 Å². The molecule has 0 aliphatic carbocycles. The largest absolute Gasteiger partial charge is 0.338 e. The fourth-order valence-electron chi connectivity index (χ4n) is 1.97. The zero-order chi connectivity index (χ0) is 16.5. The molecule has 2 N–H and O–H groups in total. The van der Waals surface area contributed by atoms with E-state index in [1.54, 1.807) is 0 Å². The molecule has 23 heavy (non-hydrogen) atoms. The molecule has 0 atom stereocenters. The number of rotatable bonds is 6. The lowest BCUT2D eigenvalue weighted by Crippen LogP contribution is -2.40. The molecule has 3 amide bonds. The number of carbonyl (C=O) groups is 2. The average Bonchev–Trinajstić information content (AvgIpc) is 2.59. The number of thioether (sulfide) groups is 1. The average molecular weight is 328 g/mol. The number of hydrogen-bond acceptors (Lipinski definition) is 3. The SMILES string of the molecule is CCCNC(=O)NC(=O)CSc1ccc(-c2ccccc2)cc1. The first-order chi connectivity index (χ1) is 11.2. The molecule has 0 saturated carbocycles. The van der Waals surface area contributed by atoms with Gasteiger partial charge >= 0.3 is 6.03 Å². The smallest absolute Gasteiger partial charge is 0.321 e. The minimum absolute atomic E-state index is 0.213. The van der Waals surface area contributed by atoms with Crippen molar-refractivity contribution in [3.63, 3.8) is 0 Å². The maximum absolute atomic E-state index is 11.7. The molecule has 5 heteroatoms. The van der Waals surface area contributed by atoms with Gasteiger partial charge in [0.25, 0.3) is 0 Å². The minimum Gasteiger partial charge on any atom is -0.338 e. The van der Waals surface area contributed by atoms with E-state index < -0.39 is 6.03 Å². The first-order valence-corrected chi connectivity index (χ1v) is 8.53. The monoisotopic (exact) mass is 328 g/mol. The van der Waals surface area contributed by atoms with Gasteiger partial charge in [0.2, 0.25) is 5.91 Å². The molecule has 4 nitrogen and oxygen atoms in total. The van der Waals surface area contributed by atoms with E-state index in [0.29, 0.717) is 6.54 Å². The first kappa shape index (κ1) is 17.1. The Balaban J connectivity index is 1.82. The van der Waals surface area contributed by atoms with Crippen molar-refractivity contribution in [1.82, 2.24) is 10.6 Å². The highest BCUT2D eigenvalue weighted by atomic mass is 32.2. The molecular weight excluding hydrogens is 308 g/mol. The van der Waals surface area contributed by atoms with Crippen molar-refractivity contribution in [2.24, 2.45) is 0 Å². The summed E-state index contributed by atoms with van der Waals surface area (Å²) in [7, 11) is 0. The molecule has 0 saturated heterocycles. The van der Waals surface area contributed by atoms with Gasteiger partial charge < -0.3 is 5.32 Å². The Morgan fingerprint density at radius 1 is 0.957 bits per heavy atom. The lowest BCUT2D eigenvalue weighted by Gasteiger charge is -2.06. The maximum atomic E-state index is 11.7. The van der Waals surface area contributed by atoms with Crippen molar-refractivity contribution in [3.05, 3.63) is 54.6 Å². The molecule has 0 spiro atoms. The van der Waals surface area contributed by atoms with Gasteiger partial charge in [-0.1, -0.05) is 49.4 Å². The molecular formula is C18H20N2O2S. The Morgan fingerprint density at radius 2 is 1.61 bits per heavy atom. The summed E-state index contributed by atoms with van der Waals surface area (Å²) in [6, 6.07) is 17.7. The van der Waals surface area contributed by atoms with Crippen LogP contribution >= 0.6 is 11.8 Å². The van der Waals surface area contributed by atoms with Crippen molar-refractivity contribution in [1.29, 1.82) is 0 Å². The summed E-state index contributed by atoms with van der Waals surface area (Å²) in [6.07, 6.45) is 0.837. The van der Waals surface area contributed by atoms with Gasteiger partial charge in [-0.2, -0.15) is 0 Å². The van der Waals surface area contributed by atoms with Gasteiger partial charge in [0.15, 0.2) is 0 Å². The van der Waals surface area contributed by atoms with Crippen LogP contribution in [-0.4, -0.2) is 24.2 Å². The normalized spacial score (nSPS) is 10.1. The Morgan fingerprint density at radius 3 is 2.26 bits per heavy atom. The van der Waals surface area contributed by atoms with E-state index in [1.165, 1.54) is 11.8 Å². The molecule has 0 aliphatic rings. The summed E-state index contributed by atoms with van der Waals surface area (Å²) in [5, 5.41) is 4.92. The highest BCUT2D eigenvalue weighted by molar-refractivity contribution is 8.00. The molecule has 0 aliphatic heterocycles. The molecule has 2 aromatic rings. The number of amides is 3. The van der Waals surface area contributed by atoms with E-state index in [-0.39, 0.29) is 11.7 Å². The number of carbonyl (C=O) groups excluding carboxylic acids is 2. The predicted molar refractivity (Wildman–Crippen MR) is 94.4 cm³/mol. The first-order valence-electron chi connectivity index (χ1n) is 7.55. The number of nitrogens with one attached hydrogen (secondary N) is 2. The third kappa shape index (κ3) is 5.79. The second-order valence-electron chi connectivity index (χ2n) is 4.98. The molecule has 120 valence electrons. The Hall–Kier alpha value is -2.27. The number of urea groups is 1. The van der Waals surface area contributed by atoms with Crippen LogP contribution in [0.3, 0.4) is 0 Å². The van der Waals surface area contributed by atoms with Gasteiger partial charge in [-0.25, -0.2) is 4.79 Å². The van der Waals surface area contributed by atoms with Crippen LogP contribution in [0.1, 0.15) is 13.3 Å². The molecule has 0 heterocycles. The molecule has 0 aromatic heterocycles. The standard InChI is InChI=1S/C18H20N2O2S/c1-2-12-19-18(22)20-17(21)13-23-16-10-8-15(9-11-16)14-6-4-3-5-7-14/h3-11H,2,12-13H2,1H3,(H2,19,20,21,22). The third-order valence-corrected chi connectivity index (χ3v) is 4.13. The van der Waals surface area contributed by atoms with Gasteiger partial charge in [-0.15, -0.1) is 11.8 Å². The summed E-state index contributed by atoms with van der Waals surface area (Å²) in [4.78, 5) is 24.1. The number of imide groups is 1. The van der Waals surface area contributed by atoms with Crippen LogP contribution in [0, 0.1) is 0 Å². The van der Waals surface area contributed by atoms with Crippen LogP contribution in [0.4, 0.5) is 4.79 Å². The summed E-state index contributed by atoms with van der Waals surface area (Å²) in [5.74, 6) is -0.0831. The molecule has 0 bridgehead atoms. The quantitative estimate of drug-likeness (QED) is 0.795. The van der Waals surface area contributed by atoms with Crippen LogP contribution < -0.4 is 10.6 Å². The topological polar surface area (TPSA) is 58.2 Å². The number of benzene rings is 2. The minimum atomic E-state index is -0.433. The summed E-state index contributed by atoms with van der Waals surface area (Å²) in [5.41, 5.74) is 2.30. The van der Waals surface area contributed by atoms with Gasteiger partial charge in [0.05, 0.1) is 5.75 Å². The van der Waals surface area contributed by atoms with Crippen LogP contribution in [0.15, 0.2) is 59.5 Å². The van der Waals surface area contributed by atoms with Crippen molar-refractivity contribution in [2.75, 3.05) is 12.3 Å². The van der Waals surface area contributed by atoms with Crippen LogP contribution in [-0.2, 0) is 4.79 Å². The molecule has 0 radical (unpaired) electrons. The fraction of sp³-hybridized carbons (Fsp3) is 0.222. The summed E-state index contributed by atoms with van der Waals surface area (Å²) >= 11 is 1.41. The van der Waals surface area contributed by atoms with Crippen molar-refractivity contribution in [3.8, 4) is 11.1 Å². The zero-order valence-corrected chi connectivity index (χ0v) is 13.9. The molecule has 2 rings (SSSR count). The van der Waals surface area contributed by atoms with E-state index in [2.05, 4.69) is 22.8 Å². The fourth-order valence-corrected chi connectivity index (χ4v) is 2.67. The highest BCUT2D eigenvalue weighted by Gasteiger charge is 2.07. The molecule has 0 fully saturated rings. The van der Waals surface area contributed by atoms with Crippen LogP contribution in [0.5, 0.6) is 0 Å². The van der Waals surface area contributed by atoms with Gasteiger partial charge in [-0.3, -0.25) is 10.1 Å². The number of hydrogen-bond donors (Lipinski definition) is 2. The van der Waals surface area contributed by atoms with Gasteiger partial charge in [0.1, 0.15) is 0 Å². The summed E-state index contributed by atoms with van der Waals surface area (Å²) in [6.45, 7) is 2.52. The van der Waals surface area contributed by atoms with Crippen molar-refractivity contribution >= 4 is 23.7 Å². The Bertz CT molecular complexity index is 642. The third-order valence-electron chi connectivity index (χ3n) is 3.12. The Labute approximate surface area is 140 Å². The lowest BCUT2D eigenvalue weighted by atomic mass is 10.1.